The molecule has 2 heterocycles. The van der Waals surface area contributed by atoms with Gasteiger partial charge >= 0.3 is 0 Å². The molecule has 0 bridgehead atoms. The monoisotopic (exact) mass is 362 g/mol. The third-order valence-corrected chi connectivity index (χ3v) is 5.81. The molecule has 0 aliphatic carbocycles. The third-order valence-electron chi connectivity index (χ3n) is 5.81. The van der Waals surface area contributed by atoms with E-state index in [1.165, 1.54) is 11.1 Å². The van der Waals surface area contributed by atoms with E-state index in [1.54, 1.807) is 0 Å². The number of nitrogens with zero attached hydrogens (tertiary/aromatic N) is 1. The minimum atomic E-state index is -0.832. The first-order valence-electron chi connectivity index (χ1n) is 9.87. The van der Waals surface area contributed by atoms with Crippen molar-refractivity contribution in [3.63, 3.8) is 0 Å². The van der Waals surface area contributed by atoms with Crippen LogP contribution in [0.5, 0.6) is 0 Å². The van der Waals surface area contributed by atoms with Gasteiger partial charge in [-0.25, -0.2) is 0 Å². The maximum absolute atomic E-state index is 13.7. The van der Waals surface area contributed by atoms with E-state index < -0.39 is 5.54 Å². The summed E-state index contributed by atoms with van der Waals surface area (Å²) >= 11 is 0. The van der Waals surface area contributed by atoms with Crippen LogP contribution in [0.25, 0.3) is 0 Å². The van der Waals surface area contributed by atoms with Gasteiger partial charge in [0.2, 0.25) is 11.8 Å². The highest BCUT2D eigenvalue weighted by atomic mass is 16.2. The van der Waals surface area contributed by atoms with Crippen molar-refractivity contribution in [2.75, 3.05) is 6.54 Å². The Kier molecular flexibility index (Phi) is 4.97. The topological polar surface area (TPSA) is 49.4 Å². The van der Waals surface area contributed by atoms with Crippen molar-refractivity contribution in [3.8, 4) is 0 Å². The molecule has 140 valence electrons. The summed E-state index contributed by atoms with van der Waals surface area (Å²) in [5.41, 5.74) is 2.79. The van der Waals surface area contributed by atoms with Crippen molar-refractivity contribution in [1.29, 1.82) is 0 Å². The Morgan fingerprint density at radius 1 is 0.963 bits per heavy atom. The molecule has 0 saturated carbocycles. The van der Waals surface area contributed by atoms with Crippen molar-refractivity contribution < 1.29 is 9.59 Å². The summed E-state index contributed by atoms with van der Waals surface area (Å²) in [7, 11) is 0. The highest BCUT2D eigenvalue weighted by molar-refractivity contribution is 5.92. The van der Waals surface area contributed by atoms with E-state index in [4.69, 9.17) is 0 Å². The quantitative estimate of drug-likeness (QED) is 0.911. The molecule has 1 fully saturated rings. The summed E-state index contributed by atoms with van der Waals surface area (Å²) in [6.07, 6.45) is 4.37. The van der Waals surface area contributed by atoms with Crippen LogP contribution in [0.4, 0.5) is 0 Å². The van der Waals surface area contributed by atoms with Gasteiger partial charge in [-0.15, -0.1) is 0 Å². The third kappa shape index (κ3) is 3.75. The Balaban J connectivity index is 1.63. The van der Waals surface area contributed by atoms with Gasteiger partial charge in [0.15, 0.2) is 0 Å². The van der Waals surface area contributed by atoms with Crippen LogP contribution in [0.1, 0.15) is 42.4 Å². The van der Waals surface area contributed by atoms with Gasteiger partial charge in [0.05, 0.1) is 0 Å². The molecule has 2 aromatic carbocycles. The largest absolute Gasteiger partial charge is 0.341 e. The second kappa shape index (κ2) is 7.55. The summed E-state index contributed by atoms with van der Waals surface area (Å²) < 4.78 is 0. The molecule has 0 aromatic heterocycles. The smallest absolute Gasteiger partial charge is 0.248 e. The van der Waals surface area contributed by atoms with Gasteiger partial charge in [0, 0.05) is 25.9 Å². The van der Waals surface area contributed by atoms with Gasteiger partial charge in [-0.1, -0.05) is 61.0 Å². The molecule has 1 atom stereocenters. The predicted octanol–water partition coefficient (Wildman–Crippen LogP) is 3.24. The number of carbonyl (C=O) groups is 2. The molecule has 2 aromatic rings. The maximum atomic E-state index is 13.7. The van der Waals surface area contributed by atoms with E-state index in [0.717, 1.165) is 24.8 Å². The number of carbonyl (C=O) groups excluding carboxylic acids is 2. The van der Waals surface area contributed by atoms with Crippen LogP contribution in [-0.2, 0) is 29.0 Å². The molecule has 1 unspecified atom stereocenters. The van der Waals surface area contributed by atoms with Crippen molar-refractivity contribution in [2.45, 2.75) is 50.6 Å². The van der Waals surface area contributed by atoms with Gasteiger partial charge in [0.1, 0.15) is 5.54 Å². The standard InChI is InChI=1S/C23H26N2O2/c26-21-12-6-7-14-23(24-21,16-18-8-2-1-3-9-18)22(27)25-15-13-19-10-4-5-11-20(19)17-25/h1-5,8-11H,6-7,12-17H2,(H,24,26). The molecule has 0 spiro atoms. The average Bonchev–Trinajstić information content (AvgIpc) is 2.89. The van der Waals surface area contributed by atoms with Crippen LogP contribution in [0, 0.1) is 0 Å². The fourth-order valence-electron chi connectivity index (χ4n) is 4.39. The van der Waals surface area contributed by atoms with Gasteiger partial charge in [-0.3, -0.25) is 9.59 Å². The van der Waals surface area contributed by atoms with E-state index in [2.05, 4.69) is 23.5 Å². The van der Waals surface area contributed by atoms with Crippen LogP contribution in [0.2, 0.25) is 0 Å². The lowest BCUT2D eigenvalue weighted by Gasteiger charge is -2.39. The van der Waals surface area contributed by atoms with Gasteiger partial charge < -0.3 is 10.2 Å². The molecule has 27 heavy (non-hydrogen) atoms. The number of hydrogen-bond acceptors (Lipinski definition) is 2. The summed E-state index contributed by atoms with van der Waals surface area (Å²) in [6.45, 7) is 1.34. The molecule has 2 aliphatic heterocycles. The summed E-state index contributed by atoms with van der Waals surface area (Å²) in [5, 5.41) is 3.13. The second-order valence-corrected chi connectivity index (χ2v) is 7.75. The number of rotatable bonds is 3. The lowest BCUT2D eigenvalue weighted by atomic mass is 9.84. The number of amides is 2. The van der Waals surface area contributed by atoms with E-state index >= 15 is 0 Å². The molecule has 1 saturated heterocycles. The van der Waals surface area contributed by atoms with Crippen LogP contribution >= 0.6 is 0 Å². The van der Waals surface area contributed by atoms with Crippen LogP contribution in [-0.4, -0.2) is 28.8 Å². The maximum Gasteiger partial charge on any atom is 0.248 e. The number of benzene rings is 2. The van der Waals surface area contributed by atoms with Gasteiger partial charge in [0.25, 0.3) is 0 Å². The first-order chi connectivity index (χ1) is 13.2. The first kappa shape index (κ1) is 17.8. The van der Waals surface area contributed by atoms with Crippen LogP contribution in [0.3, 0.4) is 0 Å². The SMILES string of the molecule is O=C1CCCCC(Cc2ccccc2)(C(=O)N2CCc3ccccc3C2)N1. The van der Waals surface area contributed by atoms with Crippen molar-refractivity contribution in [3.05, 3.63) is 71.3 Å². The number of hydrogen-bond donors (Lipinski definition) is 1. The molecule has 4 rings (SSSR count). The Hall–Kier alpha value is -2.62. The second-order valence-electron chi connectivity index (χ2n) is 7.75. The fourth-order valence-corrected chi connectivity index (χ4v) is 4.39. The van der Waals surface area contributed by atoms with Gasteiger partial charge in [-0.2, -0.15) is 0 Å². The molecular formula is C23H26N2O2. The van der Waals surface area contributed by atoms with E-state index in [1.807, 2.05) is 41.3 Å². The van der Waals surface area contributed by atoms with Crippen LogP contribution < -0.4 is 5.32 Å². The first-order valence-corrected chi connectivity index (χ1v) is 9.87. The lowest BCUT2D eigenvalue weighted by molar-refractivity contribution is -0.142. The summed E-state index contributed by atoms with van der Waals surface area (Å²) in [4.78, 5) is 28.0. The number of fused-ring (bicyclic) bond motifs is 1. The fraction of sp³-hybridized carbons (Fsp3) is 0.391. The molecule has 4 heteroatoms. The molecule has 0 radical (unpaired) electrons. The lowest BCUT2D eigenvalue weighted by Crippen LogP contribution is -2.60. The zero-order valence-electron chi connectivity index (χ0n) is 15.6. The average molecular weight is 362 g/mol. The zero-order valence-corrected chi connectivity index (χ0v) is 15.6. The van der Waals surface area contributed by atoms with Gasteiger partial charge in [-0.05, 0) is 36.0 Å². The van der Waals surface area contributed by atoms with Crippen LogP contribution in [0.15, 0.2) is 54.6 Å². The van der Waals surface area contributed by atoms with E-state index in [9.17, 15) is 9.59 Å². The molecule has 2 aliphatic rings. The number of nitrogens with one attached hydrogen (secondary N) is 1. The van der Waals surface area contributed by atoms with Crippen molar-refractivity contribution in [2.24, 2.45) is 0 Å². The molecular weight excluding hydrogens is 336 g/mol. The highest BCUT2D eigenvalue weighted by Crippen LogP contribution is 2.29. The Morgan fingerprint density at radius 3 is 2.52 bits per heavy atom. The Labute approximate surface area is 160 Å². The predicted molar refractivity (Wildman–Crippen MR) is 105 cm³/mol. The van der Waals surface area contributed by atoms with E-state index in [0.29, 0.717) is 32.4 Å². The molecule has 4 nitrogen and oxygen atoms in total. The highest BCUT2D eigenvalue weighted by Gasteiger charge is 2.43. The van der Waals surface area contributed by atoms with Crippen molar-refractivity contribution >= 4 is 11.8 Å². The Morgan fingerprint density at radius 2 is 1.70 bits per heavy atom. The molecule has 1 N–H and O–H groups in total. The molecule has 2 amide bonds. The summed E-state index contributed by atoms with van der Waals surface area (Å²) in [6, 6.07) is 18.4. The minimum Gasteiger partial charge on any atom is -0.341 e. The normalized spacial score (nSPS) is 22.5. The van der Waals surface area contributed by atoms with E-state index in [-0.39, 0.29) is 11.8 Å². The Bertz CT molecular complexity index is 833. The minimum absolute atomic E-state index is 0.00538. The summed E-state index contributed by atoms with van der Waals surface area (Å²) in [5.74, 6) is 0.0605. The van der Waals surface area contributed by atoms with Crippen molar-refractivity contribution in [1.82, 2.24) is 10.2 Å². The zero-order chi connectivity index (χ0) is 18.7.